The summed E-state index contributed by atoms with van der Waals surface area (Å²) in [5.74, 6) is -4.18. The molecular weight excluding hydrogens is 1280 g/mol. The Hall–Kier alpha value is -2.48. The summed E-state index contributed by atoms with van der Waals surface area (Å²) < 4.78 is 71.2. The molecule has 0 spiro atoms. The molecule has 0 bridgehead atoms. The summed E-state index contributed by atoms with van der Waals surface area (Å²) >= 11 is 0. The average molecular weight is 1390 g/mol. The number of aliphatic hydroxyl groups excluding tert-OH is 18. The highest BCUT2D eigenvalue weighted by atomic mass is 16.8. The van der Waals surface area contributed by atoms with E-state index < -0.39 is 279 Å². The largest absolute Gasteiger partial charge is 0.481 e. The first-order valence-electron chi connectivity index (χ1n) is 33.3. The smallest absolute Gasteiger partial charge is 0.317 e. The van der Waals surface area contributed by atoms with Crippen LogP contribution in [0, 0.1) is 50.2 Å². The Bertz CT molecular complexity index is 2770. The van der Waals surface area contributed by atoms with Gasteiger partial charge >= 0.3 is 11.9 Å². The van der Waals surface area contributed by atoms with E-state index in [1.54, 1.807) is 0 Å². The molecule has 0 amide bonds. The standard InChI is InChI=1S/C63H100O33/c1-22-45(91-50-40(77)34(71)26(67)19-85-50)47(93-51-41(78)35(72)27(68)20-86-51)44(81)53(88-22)94-48-36(73)28(69)21-87-55(48)96-57(84)63-13-12-58(2,3)14-24(63)23-8-9-31-59(4)15-25(66)49(62(7,56(82)83)32(59)10-11-60(31,5)61(23,6)16-33(63)70)95-54-43(80)46(38(75)30(18-65)90-54)92-52-42(79)39(76)37(74)29(17-64)89-52/h8,22,24-55,64-81H,9-21H2,1-7H3,(H,82,83)/t22-,24-,25-,26+,27-,28-,29+,30+,31+,32+,33+,34-,35-,36-,37+,38+,39-,40+,41+,42+,43+,44+,45-,46-,47-,48+,49-,50-,51-,52-,53-,54-,55-,59+,60+,61+,62-,63+/m0/s1. The Morgan fingerprint density at radius 1 is 0.500 bits per heavy atom. The Balaban J connectivity index is 0.846. The van der Waals surface area contributed by atoms with Crippen LogP contribution in [0.15, 0.2) is 11.6 Å². The quantitative estimate of drug-likeness (QED) is 0.0412. The second-order valence-electron chi connectivity index (χ2n) is 30.6. The van der Waals surface area contributed by atoms with Crippen molar-refractivity contribution >= 4 is 11.9 Å². The summed E-state index contributed by atoms with van der Waals surface area (Å²) in [4.78, 5) is 29.8. The third kappa shape index (κ3) is 12.3. The fraction of sp³-hybridized carbons (Fsp3) is 0.937. The molecule has 19 N–H and O–H groups in total. The van der Waals surface area contributed by atoms with Crippen molar-refractivity contribution in [2.45, 2.75) is 284 Å². The molecule has 33 nitrogen and oxygen atoms in total. The first-order valence-corrected chi connectivity index (χ1v) is 33.3. The number of fused-ring (bicyclic) bond motifs is 7. The van der Waals surface area contributed by atoms with Crippen LogP contribution >= 0.6 is 0 Å². The number of hydrogen-bond donors (Lipinski definition) is 19. The van der Waals surface area contributed by atoms with Gasteiger partial charge in [0, 0.05) is 0 Å². The molecule has 96 heavy (non-hydrogen) atoms. The lowest BCUT2D eigenvalue weighted by atomic mass is 9.33. The normalized spacial score (nSPS) is 55.1. The van der Waals surface area contributed by atoms with Crippen LogP contribution in [0.3, 0.4) is 0 Å². The topological polar surface area (TPSA) is 529 Å². The van der Waals surface area contributed by atoms with Gasteiger partial charge in [-0.2, -0.15) is 0 Å². The predicted octanol–water partition coefficient (Wildman–Crippen LogP) is -6.44. The molecule has 6 aliphatic heterocycles. The zero-order valence-corrected chi connectivity index (χ0v) is 54.5. The monoisotopic (exact) mass is 1380 g/mol. The molecule has 11 rings (SSSR count). The van der Waals surface area contributed by atoms with Crippen molar-refractivity contribution in [2.24, 2.45) is 50.2 Å². The van der Waals surface area contributed by atoms with Gasteiger partial charge in [-0.05, 0) is 105 Å². The number of carbonyl (C=O) groups is 2. The SMILES string of the molecule is C[C@@H]1O[C@@H](O[C@H]2[C@H](OC(=O)[C@]34CCC(C)(C)C[C@H]3C3=CC[C@@H]5[C@@]6(C)C[C@H](O)[C@H](O[C@@H]7O[C@H](CO)[C@@H](O)[C@H](O[C@@H]8O[C@H](CO)[C@@H](O)[C@H](O)[C@H]8O)[C@H]7O)[C@@](C)(C(=O)O)[C@@H]6CC[C@@]5(C)[C@]3(C)C[C@H]4O)OC[C@H](O)[C@@H]2O)[C@H](O)[C@H](O[C@@H]2OC[C@H](O)[C@H](O)[C@H]2O)[C@H]1O[C@@H]1OC[C@@H](O)[C@H](O)[C@H]1O. The van der Waals surface area contributed by atoms with Crippen molar-refractivity contribution in [3.05, 3.63) is 11.6 Å². The summed E-state index contributed by atoms with van der Waals surface area (Å²) in [6.07, 6.45) is -48.6. The molecule has 6 saturated heterocycles. The molecule has 5 aliphatic carbocycles. The number of rotatable bonds is 15. The highest BCUT2D eigenvalue weighted by Gasteiger charge is 2.74. The molecule has 11 aliphatic rings. The van der Waals surface area contributed by atoms with Gasteiger partial charge in [0.15, 0.2) is 37.6 Å². The first-order chi connectivity index (χ1) is 44.9. The second-order valence-corrected chi connectivity index (χ2v) is 30.6. The zero-order valence-electron chi connectivity index (χ0n) is 54.5. The predicted molar refractivity (Wildman–Crippen MR) is 313 cm³/mol. The summed E-state index contributed by atoms with van der Waals surface area (Å²) in [7, 11) is 0. The van der Waals surface area contributed by atoms with E-state index in [1.807, 2.05) is 27.7 Å². The number of aliphatic carboxylic acids is 1. The lowest BCUT2D eigenvalue weighted by molar-refractivity contribution is -0.388. The molecule has 38 atom stereocenters. The van der Waals surface area contributed by atoms with Gasteiger partial charge in [0.2, 0.25) is 6.29 Å². The molecule has 0 unspecified atom stereocenters. The van der Waals surface area contributed by atoms with Gasteiger partial charge in [-0.15, -0.1) is 0 Å². The number of allylic oxidation sites excluding steroid dienone is 2. The van der Waals surface area contributed by atoms with Crippen molar-refractivity contribution in [1.29, 1.82) is 0 Å². The molecule has 0 aromatic carbocycles. The molecule has 0 aromatic rings. The van der Waals surface area contributed by atoms with E-state index in [9.17, 15) is 102 Å². The zero-order chi connectivity index (χ0) is 70.2. The Morgan fingerprint density at radius 2 is 1.01 bits per heavy atom. The minimum atomic E-state index is -2.05. The molecule has 33 heteroatoms. The van der Waals surface area contributed by atoms with E-state index in [1.165, 1.54) is 13.8 Å². The fourth-order valence-corrected chi connectivity index (χ4v) is 18.7. The van der Waals surface area contributed by atoms with Gasteiger partial charge < -0.3 is 154 Å². The van der Waals surface area contributed by atoms with Gasteiger partial charge in [0.05, 0.1) is 56.8 Å². The van der Waals surface area contributed by atoms with Crippen molar-refractivity contribution < 1.29 is 163 Å². The van der Waals surface area contributed by atoms with Crippen molar-refractivity contribution in [3.8, 4) is 0 Å². The lowest BCUT2D eigenvalue weighted by Gasteiger charge is -2.71. The molecule has 0 aromatic heterocycles. The number of esters is 1. The van der Waals surface area contributed by atoms with Crippen LogP contribution in [0.1, 0.15) is 99.8 Å². The van der Waals surface area contributed by atoms with Crippen LogP contribution in [-0.2, 0) is 66.4 Å². The summed E-state index contributed by atoms with van der Waals surface area (Å²) in [6.45, 7) is 9.66. The number of aliphatic hydroxyl groups is 18. The minimum Gasteiger partial charge on any atom is -0.481 e. The van der Waals surface area contributed by atoms with Gasteiger partial charge in [0.1, 0.15) is 127 Å². The third-order valence-electron chi connectivity index (χ3n) is 24.5. The summed E-state index contributed by atoms with van der Waals surface area (Å²) in [5, 5.41) is 210. The van der Waals surface area contributed by atoms with Crippen LogP contribution in [0.25, 0.3) is 0 Å². The molecule has 6 heterocycles. The Labute approximate surface area is 552 Å². The van der Waals surface area contributed by atoms with E-state index >= 15 is 4.79 Å². The Morgan fingerprint density at radius 3 is 1.60 bits per heavy atom. The fourth-order valence-electron chi connectivity index (χ4n) is 18.7. The van der Waals surface area contributed by atoms with Gasteiger partial charge in [-0.25, -0.2) is 0 Å². The molecule has 550 valence electrons. The third-order valence-corrected chi connectivity index (χ3v) is 24.5. The lowest BCUT2D eigenvalue weighted by Crippen LogP contribution is -2.71. The van der Waals surface area contributed by atoms with Gasteiger partial charge in [-0.1, -0.05) is 46.3 Å². The molecule has 4 saturated carbocycles. The van der Waals surface area contributed by atoms with E-state index in [-0.39, 0.29) is 25.7 Å². The van der Waals surface area contributed by atoms with Crippen molar-refractivity contribution in [1.82, 2.24) is 0 Å². The Kier molecular flexibility index (Phi) is 21.5. The van der Waals surface area contributed by atoms with Crippen LogP contribution in [-0.4, -0.2) is 326 Å². The average Bonchev–Trinajstić information content (AvgIpc) is 0.669. The minimum absolute atomic E-state index is 0.0144. The summed E-state index contributed by atoms with van der Waals surface area (Å²) in [6, 6.07) is 0. The maximum absolute atomic E-state index is 15.7. The van der Waals surface area contributed by atoms with Crippen molar-refractivity contribution in [2.75, 3.05) is 33.0 Å². The van der Waals surface area contributed by atoms with Crippen molar-refractivity contribution in [3.63, 3.8) is 0 Å². The van der Waals surface area contributed by atoms with E-state index in [2.05, 4.69) is 13.0 Å². The second kappa shape index (κ2) is 27.6. The molecule has 10 fully saturated rings. The maximum atomic E-state index is 15.7. The van der Waals surface area contributed by atoms with Gasteiger partial charge in [-0.3, -0.25) is 9.59 Å². The molecule has 0 radical (unpaired) electrons. The number of carboxylic acids is 1. The van der Waals surface area contributed by atoms with E-state index in [4.69, 9.17) is 56.8 Å². The number of ether oxygens (including phenoxy) is 12. The first kappa shape index (κ1) is 74.7. The molecular formula is C63H100O33. The highest BCUT2D eigenvalue weighted by Crippen LogP contribution is 2.76. The maximum Gasteiger partial charge on any atom is 0.317 e. The number of carbonyl (C=O) groups excluding carboxylic acids is 1. The van der Waals surface area contributed by atoms with Crippen LogP contribution in [0.4, 0.5) is 0 Å². The summed E-state index contributed by atoms with van der Waals surface area (Å²) in [5.41, 5.74) is -5.91. The highest BCUT2D eigenvalue weighted by molar-refractivity contribution is 5.80. The van der Waals surface area contributed by atoms with E-state index in [0.717, 1.165) is 5.57 Å². The van der Waals surface area contributed by atoms with Crippen LogP contribution in [0.2, 0.25) is 0 Å². The number of carboxylic acid groups (broad SMARTS) is 1. The van der Waals surface area contributed by atoms with E-state index in [0.29, 0.717) is 25.7 Å². The van der Waals surface area contributed by atoms with Crippen LogP contribution < -0.4 is 0 Å². The van der Waals surface area contributed by atoms with Gasteiger partial charge in [0.25, 0.3) is 0 Å². The van der Waals surface area contributed by atoms with Crippen LogP contribution in [0.5, 0.6) is 0 Å². The number of hydrogen-bond acceptors (Lipinski definition) is 32.